The van der Waals surface area contributed by atoms with Gasteiger partial charge >= 0.3 is 0 Å². The lowest BCUT2D eigenvalue weighted by molar-refractivity contribution is -0.127. The summed E-state index contributed by atoms with van der Waals surface area (Å²) in [6.07, 6.45) is 2.17. The molecule has 0 spiro atoms. The van der Waals surface area contributed by atoms with Crippen molar-refractivity contribution >= 4 is 34.9 Å². The first kappa shape index (κ1) is 17.0. The van der Waals surface area contributed by atoms with Gasteiger partial charge in [0.2, 0.25) is 5.91 Å². The summed E-state index contributed by atoms with van der Waals surface area (Å²) in [5.74, 6) is 1.55. The Kier molecular flexibility index (Phi) is 7.62. The number of carbonyl (C=O) groups excluding carboxylic acids is 1. The van der Waals surface area contributed by atoms with Crippen LogP contribution in [0.5, 0.6) is 0 Å². The first-order valence-corrected chi connectivity index (χ1v) is 8.31. The van der Waals surface area contributed by atoms with E-state index in [0.29, 0.717) is 10.7 Å². The van der Waals surface area contributed by atoms with Gasteiger partial charge in [0.25, 0.3) is 0 Å². The average molecular weight is 310 g/mol. The molecule has 1 aromatic carbocycles. The topological polar surface area (TPSA) is 46.3 Å². The largest absolute Gasteiger partial charge is 0.389 e. The Hall–Kier alpha value is -1.07. The summed E-state index contributed by atoms with van der Waals surface area (Å²) < 4.78 is 0. The highest BCUT2D eigenvalue weighted by Gasteiger charge is 2.08. The van der Waals surface area contributed by atoms with Crippen molar-refractivity contribution in [1.29, 1.82) is 0 Å². The van der Waals surface area contributed by atoms with Crippen molar-refractivity contribution in [1.82, 2.24) is 4.90 Å². The van der Waals surface area contributed by atoms with Gasteiger partial charge < -0.3 is 10.6 Å². The van der Waals surface area contributed by atoms with Gasteiger partial charge in [0.05, 0.1) is 5.75 Å². The molecule has 0 aliphatic rings. The molecule has 1 amide bonds. The second-order valence-corrected chi connectivity index (χ2v) is 6.15. The molecule has 0 aliphatic heterocycles. The number of thioether (sulfide) groups is 1. The molecule has 0 bridgehead atoms. The Balaban J connectivity index is 2.33. The predicted molar refractivity (Wildman–Crippen MR) is 91.0 cm³/mol. The maximum Gasteiger partial charge on any atom is 0.232 e. The fraction of sp³-hybridized carbons (Fsp3) is 0.467. The van der Waals surface area contributed by atoms with Crippen molar-refractivity contribution < 1.29 is 4.79 Å². The van der Waals surface area contributed by atoms with Crippen LogP contribution in [-0.4, -0.2) is 35.1 Å². The van der Waals surface area contributed by atoms with Crippen molar-refractivity contribution in [2.75, 3.05) is 19.3 Å². The zero-order chi connectivity index (χ0) is 15.0. The lowest BCUT2D eigenvalue weighted by atomic mass is 10.1. The van der Waals surface area contributed by atoms with Crippen LogP contribution in [0.3, 0.4) is 0 Å². The van der Waals surface area contributed by atoms with Crippen LogP contribution in [0.15, 0.2) is 24.3 Å². The second-order valence-electron chi connectivity index (χ2n) is 4.72. The van der Waals surface area contributed by atoms with E-state index in [2.05, 4.69) is 6.92 Å². The summed E-state index contributed by atoms with van der Waals surface area (Å²) in [6, 6.07) is 7.86. The first-order chi connectivity index (χ1) is 9.54. The summed E-state index contributed by atoms with van der Waals surface area (Å²) in [4.78, 5) is 14.1. The third kappa shape index (κ3) is 5.92. The number of thiocarbonyl (C=S) groups is 1. The average Bonchev–Trinajstić information content (AvgIpc) is 2.45. The van der Waals surface area contributed by atoms with Gasteiger partial charge in [-0.3, -0.25) is 4.79 Å². The molecule has 110 valence electrons. The minimum atomic E-state index is 0.197. The van der Waals surface area contributed by atoms with E-state index in [9.17, 15) is 4.79 Å². The van der Waals surface area contributed by atoms with E-state index in [0.717, 1.165) is 30.7 Å². The molecule has 1 rings (SSSR count). The summed E-state index contributed by atoms with van der Waals surface area (Å²) in [7, 11) is 1.87. The summed E-state index contributed by atoms with van der Waals surface area (Å²) >= 11 is 6.55. The summed E-state index contributed by atoms with van der Waals surface area (Å²) in [6.45, 7) is 2.97. The lowest BCUT2D eigenvalue weighted by Crippen LogP contribution is -2.29. The van der Waals surface area contributed by atoms with Gasteiger partial charge in [0.1, 0.15) is 4.99 Å². The third-order valence-corrected chi connectivity index (χ3v) is 4.23. The highest BCUT2D eigenvalue weighted by atomic mass is 32.2. The Morgan fingerprint density at radius 1 is 1.35 bits per heavy atom. The number of hydrogen-bond donors (Lipinski definition) is 1. The van der Waals surface area contributed by atoms with E-state index in [1.54, 1.807) is 11.8 Å². The molecule has 20 heavy (non-hydrogen) atoms. The normalized spacial score (nSPS) is 10.3. The molecule has 0 heterocycles. The van der Waals surface area contributed by atoms with Gasteiger partial charge in [-0.15, -0.1) is 11.8 Å². The van der Waals surface area contributed by atoms with E-state index in [1.807, 2.05) is 36.2 Å². The fourth-order valence-electron chi connectivity index (χ4n) is 1.65. The maximum atomic E-state index is 11.9. The Morgan fingerprint density at radius 2 is 2.00 bits per heavy atom. The highest BCUT2D eigenvalue weighted by Crippen LogP contribution is 2.14. The molecule has 0 atom stereocenters. The van der Waals surface area contributed by atoms with Crippen molar-refractivity contribution in [3.63, 3.8) is 0 Å². The number of unbranched alkanes of at least 4 members (excludes halogenated alkanes) is 1. The summed E-state index contributed by atoms with van der Waals surface area (Å²) in [5, 5.41) is 0. The first-order valence-electron chi connectivity index (χ1n) is 6.75. The van der Waals surface area contributed by atoms with Crippen molar-refractivity contribution in [3.8, 4) is 0 Å². The number of nitrogens with two attached hydrogens (primary N) is 1. The third-order valence-electron chi connectivity index (χ3n) is 3.01. The monoisotopic (exact) mass is 310 g/mol. The molecule has 0 saturated heterocycles. The number of nitrogens with zero attached hydrogens (tertiary/aromatic N) is 1. The van der Waals surface area contributed by atoms with Crippen LogP contribution in [0.2, 0.25) is 0 Å². The van der Waals surface area contributed by atoms with Crippen molar-refractivity contribution in [2.24, 2.45) is 5.73 Å². The van der Waals surface area contributed by atoms with E-state index in [-0.39, 0.29) is 5.91 Å². The molecule has 0 saturated carbocycles. The highest BCUT2D eigenvalue weighted by molar-refractivity contribution is 7.99. The van der Waals surface area contributed by atoms with Crippen LogP contribution in [0.1, 0.15) is 30.9 Å². The molecule has 2 N–H and O–H groups in total. The molecule has 1 aromatic rings. The standard InChI is InChI=1S/C15H22N2OS2/c1-3-4-9-17(2)14(18)11-20-10-12-5-7-13(8-6-12)15(16)19/h5-8H,3-4,9-11H2,1-2H3,(H2,16,19). The molecular weight excluding hydrogens is 288 g/mol. The molecule has 3 nitrogen and oxygen atoms in total. The van der Waals surface area contributed by atoms with Gasteiger partial charge in [-0.25, -0.2) is 0 Å². The zero-order valence-corrected chi connectivity index (χ0v) is 13.7. The van der Waals surface area contributed by atoms with Gasteiger partial charge in [0, 0.05) is 24.9 Å². The minimum Gasteiger partial charge on any atom is -0.389 e. The van der Waals surface area contributed by atoms with Gasteiger partial charge in [-0.1, -0.05) is 49.8 Å². The molecule has 0 aromatic heterocycles. The van der Waals surface area contributed by atoms with Gasteiger partial charge in [-0.2, -0.15) is 0 Å². The number of rotatable bonds is 8. The smallest absolute Gasteiger partial charge is 0.232 e. The van der Waals surface area contributed by atoms with Crippen molar-refractivity contribution in [3.05, 3.63) is 35.4 Å². The number of benzene rings is 1. The zero-order valence-electron chi connectivity index (χ0n) is 12.1. The quantitative estimate of drug-likeness (QED) is 0.750. The summed E-state index contributed by atoms with van der Waals surface area (Å²) in [5.41, 5.74) is 7.61. The van der Waals surface area contributed by atoms with Crippen LogP contribution >= 0.6 is 24.0 Å². The molecule has 5 heteroatoms. The number of hydrogen-bond acceptors (Lipinski definition) is 3. The SMILES string of the molecule is CCCCN(C)C(=O)CSCc1ccc(C(N)=S)cc1. The molecule has 0 fully saturated rings. The van der Waals surface area contributed by atoms with E-state index < -0.39 is 0 Å². The van der Waals surface area contributed by atoms with E-state index in [4.69, 9.17) is 18.0 Å². The molecule has 0 unspecified atom stereocenters. The van der Waals surface area contributed by atoms with Crippen LogP contribution < -0.4 is 5.73 Å². The Labute approximate surface area is 130 Å². The number of amides is 1. The second kappa shape index (κ2) is 8.97. The molecular formula is C15H22N2OS2. The van der Waals surface area contributed by atoms with Crippen LogP contribution in [0.25, 0.3) is 0 Å². The van der Waals surface area contributed by atoms with Crippen LogP contribution in [-0.2, 0) is 10.5 Å². The lowest BCUT2D eigenvalue weighted by Gasteiger charge is -2.16. The molecule has 0 aliphatic carbocycles. The minimum absolute atomic E-state index is 0.197. The van der Waals surface area contributed by atoms with E-state index in [1.165, 1.54) is 5.56 Å². The maximum absolute atomic E-state index is 11.9. The van der Waals surface area contributed by atoms with Gasteiger partial charge in [-0.05, 0) is 12.0 Å². The predicted octanol–water partition coefficient (Wildman–Crippen LogP) is 2.81. The number of carbonyl (C=O) groups is 1. The Morgan fingerprint density at radius 3 is 2.55 bits per heavy atom. The Bertz CT molecular complexity index is 446. The van der Waals surface area contributed by atoms with Crippen LogP contribution in [0.4, 0.5) is 0 Å². The fourth-order valence-corrected chi connectivity index (χ4v) is 2.71. The van der Waals surface area contributed by atoms with Crippen LogP contribution in [0, 0.1) is 0 Å². The molecule has 0 radical (unpaired) electrons. The van der Waals surface area contributed by atoms with E-state index >= 15 is 0 Å². The van der Waals surface area contributed by atoms with Crippen molar-refractivity contribution in [2.45, 2.75) is 25.5 Å². The van der Waals surface area contributed by atoms with Gasteiger partial charge in [0.15, 0.2) is 0 Å².